The summed E-state index contributed by atoms with van der Waals surface area (Å²) in [5.74, 6) is 7.20. The molecule has 2 heteroatoms. The molecular formula is C26H20O2. The van der Waals surface area contributed by atoms with E-state index in [-0.39, 0.29) is 29.8 Å². The topological polar surface area (TPSA) is 26.3 Å². The number of rotatable bonds is 2. The minimum atomic E-state index is -0.00473. The highest BCUT2D eigenvalue weighted by Gasteiger charge is 2.52. The van der Waals surface area contributed by atoms with E-state index in [0.717, 1.165) is 11.1 Å². The van der Waals surface area contributed by atoms with Crippen molar-refractivity contribution in [1.82, 2.24) is 0 Å². The molecule has 4 atom stereocenters. The van der Waals surface area contributed by atoms with Crippen molar-refractivity contribution in [3.8, 4) is 11.8 Å². The van der Waals surface area contributed by atoms with Gasteiger partial charge in [0.05, 0.1) is 18.1 Å². The summed E-state index contributed by atoms with van der Waals surface area (Å²) >= 11 is 0. The average molecular weight is 364 g/mol. The van der Waals surface area contributed by atoms with Crippen molar-refractivity contribution in [2.45, 2.75) is 25.0 Å². The Morgan fingerprint density at radius 2 is 1.46 bits per heavy atom. The van der Waals surface area contributed by atoms with E-state index in [4.69, 9.17) is 4.74 Å². The first-order chi connectivity index (χ1) is 13.7. The lowest BCUT2D eigenvalue weighted by Gasteiger charge is -2.27. The molecule has 1 saturated heterocycles. The van der Waals surface area contributed by atoms with E-state index in [9.17, 15) is 4.79 Å². The maximum atomic E-state index is 11.6. The predicted molar refractivity (Wildman–Crippen MR) is 109 cm³/mol. The molecule has 2 aliphatic heterocycles. The second-order valence-electron chi connectivity index (χ2n) is 7.47. The molecular weight excluding hydrogens is 344 g/mol. The molecule has 28 heavy (non-hydrogen) atoms. The Morgan fingerprint density at radius 1 is 0.821 bits per heavy atom. The molecule has 0 amide bonds. The quantitative estimate of drug-likeness (QED) is 0.445. The van der Waals surface area contributed by atoms with Crippen LogP contribution in [-0.4, -0.2) is 5.78 Å². The van der Waals surface area contributed by atoms with E-state index in [2.05, 4.69) is 48.2 Å². The van der Waals surface area contributed by atoms with E-state index in [1.54, 1.807) is 6.92 Å². The van der Waals surface area contributed by atoms with Crippen LogP contribution in [0.4, 0.5) is 0 Å². The van der Waals surface area contributed by atoms with Crippen molar-refractivity contribution in [3.05, 3.63) is 107 Å². The van der Waals surface area contributed by atoms with Gasteiger partial charge in [0.25, 0.3) is 0 Å². The van der Waals surface area contributed by atoms with Crippen molar-refractivity contribution in [2.75, 3.05) is 0 Å². The van der Waals surface area contributed by atoms with E-state index in [1.165, 1.54) is 16.7 Å². The third kappa shape index (κ3) is 2.76. The molecule has 2 nitrogen and oxygen atoms in total. The lowest BCUT2D eigenvalue weighted by Crippen LogP contribution is -2.19. The fourth-order valence-electron chi connectivity index (χ4n) is 4.44. The van der Waals surface area contributed by atoms with Gasteiger partial charge in [-0.1, -0.05) is 78.6 Å². The maximum Gasteiger partial charge on any atom is 0.159 e. The highest BCUT2D eigenvalue weighted by atomic mass is 16.5. The molecule has 4 unspecified atom stereocenters. The number of ketones is 1. The summed E-state index contributed by atoms with van der Waals surface area (Å²) in [5.41, 5.74) is 5.46. The van der Waals surface area contributed by atoms with Crippen LogP contribution in [0.1, 0.15) is 57.7 Å². The first-order valence-electron chi connectivity index (χ1n) is 9.64. The lowest BCUT2D eigenvalue weighted by atomic mass is 9.73. The number of ether oxygens (including phenoxy) is 1. The smallest absolute Gasteiger partial charge is 0.159 e. The van der Waals surface area contributed by atoms with Gasteiger partial charge >= 0.3 is 0 Å². The van der Waals surface area contributed by atoms with Crippen LogP contribution < -0.4 is 0 Å². The summed E-state index contributed by atoms with van der Waals surface area (Å²) in [6, 6.07) is 26.5. The van der Waals surface area contributed by atoms with Gasteiger partial charge in [-0.15, -0.1) is 0 Å². The number of carbonyl (C=O) groups is 1. The molecule has 0 N–H and O–H groups in total. The Labute approximate surface area is 165 Å². The molecule has 3 aromatic rings. The van der Waals surface area contributed by atoms with Crippen LogP contribution in [0.25, 0.3) is 0 Å². The normalized spacial score (nSPS) is 24.3. The number of hydrogen-bond donors (Lipinski definition) is 0. The van der Waals surface area contributed by atoms with Gasteiger partial charge in [-0.25, -0.2) is 0 Å². The van der Waals surface area contributed by atoms with E-state index in [1.807, 2.05) is 42.5 Å². The zero-order chi connectivity index (χ0) is 19.1. The van der Waals surface area contributed by atoms with Crippen LogP contribution in [0, 0.1) is 17.8 Å². The Hall–Kier alpha value is -3.15. The summed E-state index contributed by atoms with van der Waals surface area (Å²) in [7, 11) is 0. The van der Waals surface area contributed by atoms with E-state index >= 15 is 0 Å². The molecule has 0 aliphatic carbocycles. The minimum absolute atomic E-state index is 0.00473. The summed E-state index contributed by atoms with van der Waals surface area (Å²) in [6.07, 6.45) is 0.00865. The van der Waals surface area contributed by atoms with Crippen LogP contribution in [0.3, 0.4) is 0 Å². The fourth-order valence-corrected chi connectivity index (χ4v) is 4.44. The standard InChI is InChI=1S/C26H20O2/c1-17(27)19-12-14-20(15-13-19)24-23(16-11-18-7-3-2-4-8-18)25-21-9-5-6-10-22(21)26(24)28-25/h2-10,12-15,23-26H,1H3. The van der Waals surface area contributed by atoms with Crippen LogP contribution in [-0.2, 0) is 4.74 Å². The molecule has 5 rings (SSSR count). The van der Waals surface area contributed by atoms with Gasteiger partial charge in [-0.2, -0.15) is 0 Å². The highest BCUT2D eigenvalue weighted by Crippen LogP contribution is 2.60. The lowest BCUT2D eigenvalue weighted by molar-refractivity contribution is 0.0627. The van der Waals surface area contributed by atoms with E-state index < -0.39 is 0 Å². The molecule has 1 fully saturated rings. The van der Waals surface area contributed by atoms with Crippen molar-refractivity contribution in [3.63, 3.8) is 0 Å². The highest BCUT2D eigenvalue weighted by molar-refractivity contribution is 5.94. The van der Waals surface area contributed by atoms with Gasteiger partial charge < -0.3 is 4.74 Å². The molecule has 0 aromatic heterocycles. The molecule has 136 valence electrons. The summed E-state index contributed by atoms with van der Waals surface area (Å²) in [5, 5.41) is 0. The Bertz CT molecular complexity index is 1090. The van der Waals surface area contributed by atoms with Crippen LogP contribution in [0.15, 0.2) is 78.9 Å². The largest absolute Gasteiger partial charge is 0.364 e. The van der Waals surface area contributed by atoms with Gasteiger partial charge in [0.15, 0.2) is 5.78 Å². The van der Waals surface area contributed by atoms with Crippen molar-refractivity contribution in [2.24, 2.45) is 5.92 Å². The maximum absolute atomic E-state index is 11.6. The fraction of sp³-hybridized carbons (Fsp3) is 0.192. The molecule has 0 saturated carbocycles. The minimum Gasteiger partial charge on any atom is -0.364 e. The Kier molecular flexibility index (Phi) is 4.11. The number of carbonyl (C=O) groups excluding carboxylic acids is 1. The molecule has 2 bridgehead atoms. The van der Waals surface area contributed by atoms with Crippen molar-refractivity contribution >= 4 is 5.78 Å². The predicted octanol–water partition coefficient (Wildman–Crippen LogP) is 5.47. The number of fused-ring (bicyclic) bond motifs is 5. The third-order valence-electron chi connectivity index (χ3n) is 5.80. The van der Waals surface area contributed by atoms with Crippen LogP contribution in [0.2, 0.25) is 0 Å². The van der Waals surface area contributed by atoms with Crippen LogP contribution in [0.5, 0.6) is 0 Å². The Balaban J connectivity index is 1.57. The zero-order valence-corrected chi connectivity index (χ0v) is 15.6. The third-order valence-corrected chi connectivity index (χ3v) is 5.80. The Morgan fingerprint density at radius 3 is 2.14 bits per heavy atom. The van der Waals surface area contributed by atoms with Crippen LogP contribution >= 0.6 is 0 Å². The molecule has 2 heterocycles. The number of benzene rings is 3. The molecule has 0 spiro atoms. The zero-order valence-electron chi connectivity index (χ0n) is 15.6. The van der Waals surface area contributed by atoms with Gasteiger partial charge in [-0.05, 0) is 35.7 Å². The second-order valence-corrected chi connectivity index (χ2v) is 7.47. The monoisotopic (exact) mass is 364 g/mol. The van der Waals surface area contributed by atoms with Gasteiger partial charge in [0, 0.05) is 17.0 Å². The van der Waals surface area contributed by atoms with Crippen molar-refractivity contribution in [1.29, 1.82) is 0 Å². The summed E-state index contributed by atoms with van der Waals surface area (Å²) in [6.45, 7) is 1.60. The number of Topliss-reactive ketones (excluding diaryl/α,β-unsaturated/α-hetero) is 1. The summed E-state index contributed by atoms with van der Waals surface area (Å²) in [4.78, 5) is 11.6. The average Bonchev–Trinajstić information content (AvgIpc) is 3.30. The molecule has 0 radical (unpaired) electrons. The van der Waals surface area contributed by atoms with Gasteiger partial charge in [0.2, 0.25) is 0 Å². The first kappa shape index (κ1) is 17.0. The van der Waals surface area contributed by atoms with E-state index in [0.29, 0.717) is 0 Å². The summed E-state index contributed by atoms with van der Waals surface area (Å²) < 4.78 is 6.42. The number of hydrogen-bond acceptors (Lipinski definition) is 2. The molecule has 2 aliphatic rings. The second kappa shape index (κ2) is 6.78. The van der Waals surface area contributed by atoms with Gasteiger partial charge in [-0.3, -0.25) is 4.79 Å². The first-order valence-corrected chi connectivity index (χ1v) is 9.64. The van der Waals surface area contributed by atoms with Crippen molar-refractivity contribution < 1.29 is 9.53 Å². The van der Waals surface area contributed by atoms with Gasteiger partial charge in [0.1, 0.15) is 0 Å². The SMILES string of the molecule is CC(=O)c1ccc(C2C3OC(c4ccccc43)C2C#Cc2ccccc2)cc1. The molecule has 3 aromatic carbocycles.